The second-order valence-electron chi connectivity index (χ2n) is 11.7. The maximum atomic E-state index is 12.3. The SMILES string of the molecule is CCCCCCCCC/C=C/C(O)C(CO)NC(=O)C(O)CCCCCC/C=C\CCCCCCCCCCC. The van der Waals surface area contributed by atoms with Crippen molar-refractivity contribution in [2.75, 3.05) is 6.61 Å². The maximum Gasteiger partial charge on any atom is 0.249 e. The third kappa shape index (κ3) is 25.8. The zero-order valence-corrected chi connectivity index (χ0v) is 26.5. The van der Waals surface area contributed by atoms with Crippen LogP contribution in [-0.4, -0.2) is 46.1 Å². The van der Waals surface area contributed by atoms with Gasteiger partial charge in [0.1, 0.15) is 6.10 Å². The lowest BCUT2D eigenvalue weighted by atomic mass is 10.1. The van der Waals surface area contributed by atoms with Crippen LogP contribution in [0.5, 0.6) is 0 Å². The third-order valence-corrected chi connectivity index (χ3v) is 7.79. The lowest BCUT2D eigenvalue weighted by molar-refractivity contribution is -0.131. The number of hydrogen-bond donors (Lipinski definition) is 4. The van der Waals surface area contributed by atoms with Crippen molar-refractivity contribution < 1.29 is 20.1 Å². The van der Waals surface area contributed by atoms with Crippen LogP contribution in [0.4, 0.5) is 0 Å². The molecule has 40 heavy (non-hydrogen) atoms. The lowest BCUT2D eigenvalue weighted by Crippen LogP contribution is -2.48. The number of aliphatic hydroxyl groups excluding tert-OH is 3. The van der Waals surface area contributed by atoms with E-state index >= 15 is 0 Å². The highest BCUT2D eigenvalue weighted by Gasteiger charge is 2.22. The molecule has 0 heterocycles. The van der Waals surface area contributed by atoms with Crippen molar-refractivity contribution in [3.8, 4) is 0 Å². The Morgan fingerprint density at radius 2 is 1.00 bits per heavy atom. The van der Waals surface area contributed by atoms with E-state index in [1.807, 2.05) is 6.08 Å². The van der Waals surface area contributed by atoms with Crippen molar-refractivity contribution in [2.24, 2.45) is 0 Å². The van der Waals surface area contributed by atoms with Crippen LogP contribution >= 0.6 is 0 Å². The van der Waals surface area contributed by atoms with Gasteiger partial charge in [-0.3, -0.25) is 4.79 Å². The fourth-order valence-corrected chi connectivity index (χ4v) is 5.00. The van der Waals surface area contributed by atoms with Crippen LogP contribution in [0.3, 0.4) is 0 Å². The second-order valence-corrected chi connectivity index (χ2v) is 11.7. The van der Waals surface area contributed by atoms with Crippen LogP contribution < -0.4 is 5.32 Å². The number of unbranched alkanes of at least 4 members (excludes halogenated alkanes) is 20. The standard InChI is InChI=1S/C35H67NO4/c1-3-5-7-9-11-13-14-15-16-17-18-19-20-22-24-26-28-30-34(39)35(40)36-32(31-37)33(38)29-27-25-23-21-12-10-8-6-4-2/h18-19,27,29,32-34,37-39H,3-17,20-26,28,30-31H2,1-2H3,(H,36,40)/b19-18-,29-27+. The number of rotatable bonds is 30. The Balaban J connectivity index is 3.76. The molecular formula is C35H67NO4. The van der Waals surface area contributed by atoms with Crippen molar-refractivity contribution >= 4 is 5.91 Å². The highest BCUT2D eigenvalue weighted by atomic mass is 16.3. The summed E-state index contributed by atoms with van der Waals surface area (Å²) < 4.78 is 0. The fourth-order valence-electron chi connectivity index (χ4n) is 5.00. The first-order valence-corrected chi connectivity index (χ1v) is 17.2. The van der Waals surface area contributed by atoms with E-state index < -0.39 is 24.2 Å². The van der Waals surface area contributed by atoms with E-state index in [1.54, 1.807) is 6.08 Å². The molecule has 0 aromatic heterocycles. The molecule has 0 saturated heterocycles. The summed E-state index contributed by atoms with van der Waals surface area (Å²) in [6.45, 7) is 4.12. The van der Waals surface area contributed by atoms with E-state index in [-0.39, 0.29) is 6.61 Å². The van der Waals surface area contributed by atoms with Gasteiger partial charge in [-0.15, -0.1) is 0 Å². The quantitative estimate of drug-likeness (QED) is 0.0518. The normalized spacial score (nSPS) is 14.2. The van der Waals surface area contributed by atoms with Crippen molar-refractivity contribution in [3.63, 3.8) is 0 Å². The van der Waals surface area contributed by atoms with Crippen molar-refractivity contribution in [1.82, 2.24) is 5.32 Å². The zero-order valence-electron chi connectivity index (χ0n) is 26.5. The van der Waals surface area contributed by atoms with Crippen LogP contribution in [-0.2, 0) is 4.79 Å². The van der Waals surface area contributed by atoms with Gasteiger partial charge in [0.15, 0.2) is 0 Å². The molecule has 0 saturated carbocycles. The van der Waals surface area contributed by atoms with Crippen molar-refractivity contribution in [1.29, 1.82) is 0 Å². The van der Waals surface area contributed by atoms with Crippen LogP contribution in [0, 0.1) is 0 Å². The molecule has 3 unspecified atom stereocenters. The summed E-state index contributed by atoms with van der Waals surface area (Å²) in [7, 11) is 0. The Bertz CT molecular complexity index is 592. The van der Waals surface area contributed by atoms with Crippen LogP contribution in [0.15, 0.2) is 24.3 Å². The molecule has 0 radical (unpaired) electrons. The van der Waals surface area contributed by atoms with E-state index in [0.717, 1.165) is 44.9 Å². The van der Waals surface area contributed by atoms with Gasteiger partial charge in [-0.1, -0.05) is 147 Å². The number of carbonyl (C=O) groups is 1. The van der Waals surface area contributed by atoms with E-state index in [9.17, 15) is 20.1 Å². The number of amides is 1. The van der Waals surface area contributed by atoms with E-state index in [4.69, 9.17) is 0 Å². The lowest BCUT2D eigenvalue weighted by Gasteiger charge is -2.21. The van der Waals surface area contributed by atoms with Gasteiger partial charge in [0.05, 0.1) is 18.8 Å². The minimum atomic E-state index is -1.10. The van der Waals surface area contributed by atoms with Gasteiger partial charge >= 0.3 is 0 Å². The molecule has 5 nitrogen and oxygen atoms in total. The Labute approximate surface area is 248 Å². The summed E-state index contributed by atoms with van der Waals surface area (Å²) in [6.07, 6.45) is 34.8. The molecule has 1 amide bonds. The third-order valence-electron chi connectivity index (χ3n) is 7.79. The minimum absolute atomic E-state index is 0.367. The molecule has 0 aliphatic rings. The van der Waals surface area contributed by atoms with E-state index in [2.05, 4.69) is 31.3 Å². The first-order chi connectivity index (χ1) is 19.6. The van der Waals surface area contributed by atoms with Crippen molar-refractivity contribution in [3.05, 3.63) is 24.3 Å². The molecule has 0 aliphatic carbocycles. The molecule has 0 bridgehead atoms. The molecule has 0 rings (SSSR count). The predicted molar refractivity (Wildman–Crippen MR) is 171 cm³/mol. The highest BCUT2D eigenvalue weighted by molar-refractivity contribution is 5.80. The van der Waals surface area contributed by atoms with Gasteiger partial charge in [0, 0.05) is 0 Å². The Morgan fingerprint density at radius 1 is 0.600 bits per heavy atom. The maximum absolute atomic E-state index is 12.3. The summed E-state index contributed by atoms with van der Waals surface area (Å²) in [6, 6.07) is -0.796. The van der Waals surface area contributed by atoms with Gasteiger partial charge in [-0.05, 0) is 44.9 Å². The molecule has 0 aromatic rings. The fraction of sp³-hybridized carbons (Fsp3) is 0.857. The van der Waals surface area contributed by atoms with E-state index in [0.29, 0.717) is 6.42 Å². The average Bonchev–Trinajstić information content (AvgIpc) is 2.96. The first kappa shape index (κ1) is 38.8. The smallest absolute Gasteiger partial charge is 0.249 e. The van der Waals surface area contributed by atoms with Gasteiger partial charge in [0.25, 0.3) is 0 Å². The summed E-state index contributed by atoms with van der Waals surface area (Å²) in [5.74, 6) is -0.516. The van der Waals surface area contributed by atoms with Crippen molar-refractivity contribution in [2.45, 2.75) is 186 Å². The molecule has 0 aromatic carbocycles. The summed E-state index contributed by atoms with van der Waals surface area (Å²) in [5, 5.41) is 32.7. The predicted octanol–water partition coefficient (Wildman–Crippen LogP) is 8.70. The van der Waals surface area contributed by atoms with E-state index in [1.165, 1.54) is 103 Å². The highest BCUT2D eigenvalue weighted by Crippen LogP contribution is 2.12. The first-order valence-electron chi connectivity index (χ1n) is 17.2. The molecule has 3 atom stereocenters. The zero-order chi connectivity index (χ0) is 29.5. The summed E-state index contributed by atoms with van der Waals surface area (Å²) in [5.41, 5.74) is 0. The number of carbonyl (C=O) groups excluding carboxylic acids is 1. The van der Waals surface area contributed by atoms with Crippen LogP contribution in [0.1, 0.15) is 168 Å². The molecule has 0 spiro atoms. The van der Waals surface area contributed by atoms with Crippen LogP contribution in [0.2, 0.25) is 0 Å². The monoisotopic (exact) mass is 566 g/mol. The number of aliphatic hydroxyl groups is 3. The Kier molecular flexibility index (Phi) is 29.9. The number of hydrogen-bond acceptors (Lipinski definition) is 4. The van der Waals surface area contributed by atoms with Gasteiger partial charge in [0.2, 0.25) is 5.91 Å². The Hall–Kier alpha value is -1.17. The van der Waals surface area contributed by atoms with Gasteiger partial charge in [-0.2, -0.15) is 0 Å². The summed E-state index contributed by atoms with van der Waals surface area (Å²) in [4.78, 5) is 12.3. The molecule has 236 valence electrons. The number of nitrogens with one attached hydrogen (secondary N) is 1. The molecule has 0 aliphatic heterocycles. The topological polar surface area (TPSA) is 89.8 Å². The average molecular weight is 566 g/mol. The molecule has 4 N–H and O–H groups in total. The van der Waals surface area contributed by atoms with Gasteiger partial charge in [-0.25, -0.2) is 0 Å². The van der Waals surface area contributed by atoms with Crippen LogP contribution in [0.25, 0.3) is 0 Å². The molecule has 5 heteroatoms. The summed E-state index contributed by atoms with van der Waals surface area (Å²) >= 11 is 0. The van der Waals surface area contributed by atoms with Gasteiger partial charge < -0.3 is 20.6 Å². The molecule has 0 fully saturated rings. The largest absolute Gasteiger partial charge is 0.394 e. The Morgan fingerprint density at radius 3 is 1.45 bits per heavy atom. The minimum Gasteiger partial charge on any atom is -0.394 e. The number of allylic oxidation sites excluding steroid dienone is 3. The molecular weight excluding hydrogens is 498 g/mol. The second kappa shape index (κ2) is 30.8.